The first-order chi connectivity index (χ1) is 11.6. The number of fused-ring (bicyclic) bond motifs is 2. The first-order valence-electron chi connectivity index (χ1n) is 7.89. The lowest BCUT2D eigenvalue weighted by atomic mass is 10.1. The van der Waals surface area contributed by atoms with Crippen molar-refractivity contribution in [3.63, 3.8) is 0 Å². The van der Waals surface area contributed by atoms with E-state index < -0.39 is 0 Å². The summed E-state index contributed by atoms with van der Waals surface area (Å²) in [4.78, 5) is 35.2. The molecule has 0 fully saturated rings. The number of hydrogen-bond donors (Lipinski definition) is 1. The van der Waals surface area contributed by atoms with Gasteiger partial charge in [0, 0.05) is 19.2 Å². The summed E-state index contributed by atoms with van der Waals surface area (Å²) in [7, 11) is 0. The minimum Gasteiger partial charge on any atom is -0.320 e. The highest BCUT2D eigenvalue weighted by atomic mass is 32.1. The molecule has 6 nitrogen and oxygen atoms in total. The maximum atomic E-state index is 12.8. The number of thiophene rings is 1. The highest BCUT2D eigenvalue weighted by molar-refractivity contribution is 7.20. The number of aryl methyl sites for hydroxylation is 2. The average molecular weight is 340 g/mol. The van der Waals surface area contributed by atoms with Crippen molar-refractivity contribution in [2.24, 2.45) is 0 Å². The molecule has 1 aliphatic heterocycles. The molecule has 1 N–H and O–H groups in total. The third-order valence-electron chi connectivity index (χ3n) is 4.29. The Morgan fingerprint density at radius 1 is 1.38 bits per heavy atom. The Hall–Kier alpha value is -2.54. The number of aromatic nitrogens is 3. The van der Waals surface area contributed by atoms with E-state index in [0.29, 0.717) is 32.9 Å². The minimum absolute atomic E-state index is 0.0242. The standard InChI is InChI=1S/C17H16N4O2S/c1-10-13-16(20-12-6-2-3-8-21(12)17(13)23)24-14(10)15(22)19-11-5-4-7-18-9-11/h4-5,7,9H,2-3,6,8H2,1H3,(H,19,22). The fourth-order valence-electron chi connectivity index (χ4n) is 3.07. The van der Waals surface area contributed by atoms with E-state index >= 15 is 0 Å². The average Bonchev–Trinajstić information content (AvgIpc) is 2.93. The Balaban J connectivity index is 1.80. The summed E-state index contributed by atoms with van der Waals surface area (Å²) in [6.45, 7) is 2.53. The molecule has 122 valence electrons. The van der Waals surface area contributed by atoms with Crippen LogP contribution in [-0.4, -0.2) is 20.4 Å². The van der Waals surface area contributed by atoms with Gasteiger partial charge in [0.1, 0.15) is 10.7 Å². The fourth-order valence-corrected chi connectivity index (χ4v) is 4.16. The first-order valence-corrected chi connectivity index (χ1v) is 8.71. The van der Waals surface area contributed by atoms with Gasteiger partial charge in [0.25, 0.3) is 11.5 Å². The van der Waals surface area contributed by atoms with Crippen molar-refractivity contribution in [1.29, 1.82) is 0 Å². The van der Waals surface area contributed by atoms with Crippen molar-refractivity contribution >= 4 is 33.1 Å². The second-order valence-electron chi connectivity index (χ2n) is 5.87. The van der Waals surface area contributed by atoms with Crippen molar-refractivity contribution in [3.8, 4) is 0 Å². The Morgan fingerprint density at radius 2 is 2.25 bits per heavy atom. The highest BCUT2D eigenvalue weighted by Gasteiger charge is 2.22. The molecule has 1 amide bonds. The van der Waals surface area contributed by atoms with Crippen LogP contribution in [0.25, 0.3) is 10.2 Å². The van der Waals surface area contributed by atoms with Crippen LogP contribution < -0.4 is 10.9 Å². The van der Waals surface area contributed by atoms with Gasteiger partial charge in [0.15, 0.2) is 0 Å². The van der Waals surface area contributed by atoms with E-state index in [1.165, 1.54) is 11.3 Å². The smallest absolute Gasteiger partial charge is 0.266 e. The van der Waals surface area contributed by atoms with Gasteiger partial charge in [-0.3, -0.25) is 19.1 Å². The maximum Gasteiger partial charge on any atom is 0.266 e. The van der Waals surface area contributed by atoms with Crippen LogP contribution in [-0.2, 0) is 13.0 Å². The summed E-state index contributed by atoms with van der Waals surface area (Å²) in [5.41, 5.74) is 1.31. The molecule has 0 saturated carbocycles. The van der Waals surface area contributed by atoms with E-state index in [1.807, 2.05) is 6.92 Å². The normalized spacial score (nSPS) is 13.7. The van der Waals surface area contributed by atoms with E-state index in [4.69, 9.17) is 0 Å². The minimum atomic E-state index is -0.231. The van der Waals surface area contributed by atoms with Gasteiger partial charge in [0.2, 0.25) is 0 Å². The molecule has 0 atom stereocenters. The van der Waals surface area contributed by atoms with Gasteiger partial charge in [-0.05, 0) is 37.5 Å². The summed E-state index contributed by atoms with van der Waals surface area (Å²) in [5.74, 6) is 0.602. The Kier molecular flexibility index (Phi) is 3.65. The van der Waals surface area contributed by atoms with E-state index in [-0.39, 0.29) is 11.5 Å². The monoisotopic (exact) mass is 340 g/mol. The van der Waals surface area contributed by atoms with Gasteiger partial charge in [-0.1, -0.05) is 0 Å². The predicted molar refractivity (Wildman–Crippen MR) is 93.7 cm³/mol. The number of nitrogens with one attached hydrogen (secondary N) is 1. The first kappa shape index (κ1) is 15.0. The van der Waals surface area contributed by atoms with Gasteiger partial charge in [-0.2, -0.15) is 0 Å². The fraction of sp³-hybridized carbons (Fsp3) is 0.294. The zero-order valence-corrected chi connectivity index (χ0v) is 14.0. The van der Waals surface area contributed by atoms with E-state index in [9.17, 15) is 9.59 Å². The SMILES string of the molecule is Cc1c(C(=O)Nc2cccnc2)sc2nc3n(c(=O)c12)CCCC3. The summed E-state index contributed by atoms with van der Waals surface area (Å²) < 4.78 is 1.76. The number of hydrogen-bond acceptors (Lipinski definition) is 5. The van der Waals surface area contributed by atoms with Crippen LogP contribution in [0.4, 0.5) is 5.69 Å². The molecule has 0 saturated heterocycles. The number of rotatable bonds is 2. The maximum absolute atomic E-state index is 12.8. The molecule has 0 aromatic carbocycles. The van der Waals surface area contributed by atoms with Crippen LogP contribution in [0.1, 0.15) is 33.9 Å². The number of pyridine rings is 1. The van der Waals surface area contributed by atoms with Crippen LogP contribution in [0.5, 0.6) is 0 Å². The van der Waals surface area contributed by atoms with Crippen molar-refractivity contribution < 1.29 is 4.79 Å². The van der Waals surface area contributed by atoms with Crippen molar-refractivity contribution in [2.45, 2.75) is 32.7 Å². The largest absolute Gasteiger partial charge is 0.320 e. The summed E-state index contributed by atoms with van der Waals surface area (Å²) in [6.07, 6.45) is 6.11. The van der Waals surface area contributed by atoms with Crippen LogP contribution in [0.3, 0.4) is 0 Å². The van der Waals surface area contributed by atoms with E-state index in [1.54, 1.807) is 29.1 Å². The predicted octanol–water partition coefficient (Wildman–Crippen LogP) is 2.75. The molecule has 0 aliphatic carbocycles. The lowest BCUT2D eigenvalue weighted by molar-refractivity contribution is 0.103. The Morgan fingerprint density at radius 3 is 3.04 bits per heavy atom. The Bertz CT molecular complexity index is 991. The van der Waals surface area contributed by atoms with Crippen molar-refractivity contribution in [1.82, 2.24) is 14.5 Å². The summed E-state index contributed by atoms with van der Waals surface area (Å²) >= 11 is 1.28. The Labute approximate surface area is 142 Å². The number of amides is 1. The molecular formula is C17H16N4O2S. The molecule has 3 aromatic rings. The van der Waals surface area contributed by atoms with Crippen LogP contribution >= 0.6 is 11.3 Å². The molecule has 3 aromatic heterocycles. The lowest BCUT2D eigenvalue weighted by Crippen LogP contribution is -2.28. The number of nitrogens with zero attached hydrogens (tertiary/aromatic N) is 3. The topological polar surface area (TPSA) is 76.9 Å². The van der Waals surface area contributed by atoms with Crippen LogP contribution in [0.2, 0.25) is 0 Å². The molecule has 4 heterocycles. The van der Waals surface area contributed by atoms with Gasteiger partial charge < -0.3 is 5.32 Å². The zero-order valence-electron chi connectivity index (χ0n) is 13.2. The molecule has 0 spiro atoms. The van der Waals surface area contributed by atoms with Gasteiger partial charge in [0.05, 0.1) is 22.1 Å². The van der Waals surface area contributed by atoms with Gasteiger partial charge >= 0.3 is 0 Å². The molecule has 0 radical (unpaired) electrons. The molecular weight excluding hydrogens is 324 g/mol. The lowest BCUT2D eigenvalue weighted by Gasteiger charge is -2.16. The highest BCUT2D eigenvalue weighted by Crippen LogP contribution is 2.29. The van der Waals surface area contributed by atoms with E-state index in [2.05, 4.69) is 15.3 Å². The van der Waals surface area contributed by atoms with Crippen molar-refractivity contribution in [3.05, 3.63) is 51.1 Å². The van der Waals surface area contributed by atoms with Gasteiger partial charge in [-0.25, -0.2) is 4.98 Å². The molecule has 1 aliphatic rings. The van der Waals surface area contributed by atoms with Crippen LogP contribution in [0, 0.1) is 6.92 Å². The van der Waals surface area contributed by atoms with Gasteiger partial charge in [-0.15, -0.1) is 11.3 Å². The van der Waals surface area contributed by atoms with E-state index in [0.717, 1.165) is 25.1 Å². The molecule has 7 heteroatoms. The number of carbonyl (C=O) groups excluding carboxylic acids is 1. The quantitative estimate of drug-likeness (QED) is 0.778. The summed E-state index contributed by atoms with van der Waals surface area (Å²) in [6, 6.07) is 3.54. The molecule has 4 rings (SSSR count). The molecule has 0 unspecified atom stereocenters. The molecule has 24 heavy (non-hydrogen) atoms. The number of carbonyl (C=O) groups is 1. The summed E-state index contributed by atoms with van der Waals surface area (Å²) in [5, 5.41) is 3.39. The third-order valence-corrected chi connectivity index (χ3v) is 5.47. The second-order valence-corrected chi connectivity index (χ2v) is 6.87. The second kappa shape index (κ2) is 5.83. The third kappa shape index (κ3) is 2.41. The van der Waals surface area contributed by atoms with Crippen molar-refractivity contribution in [2.75, 3.05) is 5.32 Å². The molecule has 0 bridgehead atoms. The number of anilines is 1. The van der Waals surface area contributed by atoms with Crippen LogP contribution in [0.15, 0.2) is 29.3 Å². The zero-order chi connectivity index (χ0) is 16.7.